The van der Waals surface area contributed by atoms with Crippen molar-refractivity contribution in [2.45, 2.75) is 96.2 Å². The molecule has 4 aliphatic rings. The summed E-state index contributed by atoms with van der Waals surface area (Å²) in [5.74, 6) is 2.04. The Balaban J connectivity index is 1.18. The van der Waals surface area contributed by atoms with Crippen molar-refractivity contribution in [3.63, 3.8) is 0 Å². The third-order valence-electron chi connectivity index (χ3n) is 9.21. The normalized spacial score (nSPS) is 31.7. The van der Waals surface area contributed by atoms with E-state index in [4.69, 9.17) is 4.74 Å². The van der Waals surface area contributed by atoms with E-state index in [2.05, 4.69) is 55.6 Å². The van der Waals surface area contributed by atoms with Crippen LogP contribution in [0.2, 0.25) is 0 Å². The van der Waals surface area contributed by atoms with Crippen LogP contribution in [0.5, 0.6) is 5.75 Å². The topological polar surface area (TPSA) is 58.6 Å². The third kappa shape index (κ3) is 4.64. The van der Waals surface area contributed by atoms with Gasteiger partial charge in [0.15, 0.2) is 0 Å². The second kappa shape index (κ2) is 8.94. The molecule has 4 aliphatic carbocycles. The molecule has 2 aromatic rings. The summed E-state index contributed by atoms with van der Waals surface area (Å²) in [4.78, 5) is 11.7. The maximum absolute atomic E-state index is 11.7. The van der Waals surface area contributed by atoms with Crippen molar-refractivity contribution in [2.75, 3.05) is 0 Å². The van der Waals surface area contributed by atoms with E-state index in [9.17, 15) is 9.90 Å². The second-order valence-electron chi connectivity index (χ2n) is 11.5. The Kier molecular flexibility index (Phi) is 6.15. The van der Waals surface area contributed by atoms with Crippen LogP contribution in [-0.2, 0) is 11.3 Å². The Labute approximate surface area is 198 Å². The van der Waals surface area contributed by atoms with Gasteiger partial charge in [-0.3, -0.25) is 4.79 Å². The molecule has 4 heteroatoms. The molecule has 33 heavy (non-hydrogen) atoms. The average Bonchev–Trinajstić information content (AvgIpc) is 2.84. The number of nitrogens with one attached hydrogen (secondary N) is 1. The molecule has 4 nitrogen and oxygen atoms in total. The number of carboxylic acid groups (broad SMARTS) is 1. The van der Waals surface area contributed by atoms with Gasteiger partial charge in [0.05, 0.1) is 11.5 Å². The maximum Gasteiger partial charge on any atom is 0.309 e. The van der Waals surface area contributed by atoms with Crippen molar-refractivity contribution in [3.8, 4) is 5.75 Å². The lowest BCUT2D eigenvalue weighted by Gasteiger charge is -2.51. The highest BCUT2D eigenvalue weighted by molar-refractivity contribution is 5.84. The highest BCUT2D eigenvalue weighted by Crippen LogP contribution is 2.52. The van der Waals surface area contributed by atoms with Gasteiger partial charge in [0.1, 0.15) is 5.75 Å². The molecule has 178 valence electrons. The lowest BCUT2D eigenvalue weighted by molar-refractivity contribution is -0.156. The fourth-order valence-corrected chi connectivity index (χ4v) is 6.58. The minimum absolute atomic E-state index is 0.123. The van der Waals surface area contributed by atoms with Crippen LogP contribution in [0.1, 0.15) is 83.6 Å². The van der Waals surface area contributed by atoms with Gasteiger partial charge in [-0.05, 0) is 111 Å². The summed E-state index contributed by atoms with van der Waals surface area (Å²) in [7, 11) is 0. The van der Waals surface area contributed by atoms with E-state index < -0.39 is 11.4 Å². The van der Waals surface area contributed by atoms with Crippen LogP contribution in [-0.4, -0.2) is 22.7 Å². The predicted octanol–water partition coefficient (Wildman–Crippen LogP) is 6.70. The van der Waals surface area contributed by atoms with E-state index in [1.54, 1.807) is 0 Å². The minimum Gasteiger partial charge on any atom is -0.490 e. The Bertz CT molecular complexity index is 981. The first-order valence-electron chi connectivity index (χ1n) is 13.0. The van der Waals surface area contributed by atoms with Crippen molar-refractivity contribution in [1.29, 1.82) is 0 Å². The largest absolute Gasteiger partial charge is 0.490 e. The van der Waals surface area contributed by atoms with Crippen LogP contribution in [0.15, 0.2) is 36.4 Å². The number of fused-ring (bicyclic) bond motifs is 4. The number of aliphatic carboxylic acids is 1. The van der Waals surface area contributed by atoms with Crippen molar-refractivity contribution in [3.05, 3.63) is 42.0 Å². The van der Waals surface area contributed by atoms with Crippen LogP contribution in [0.25, 0.3) is 10.8 Å². The molecule has 2 N–H and O–H groups in total. The summed E-state index contributed by atoms with van der Waals surface area (Å²) in [6.07, 6.45) is 10.6. The van der Waals surface area contributed by atoms with Crippen molar-refractivity contribution in [1.82, 2.24) is 5.32 Å². The van der Waals surface area contributed by atoms with Gasteiger partial charge < -0.3 is 15.2 Å². The molecule has 4 saturated carbocycles. The number of hydrogen-bond acceptors (Lipinski definition) is 3. The molecule has 2 bridgehead atoms. The molecule has 0 saturated heterocycles. The van der Waals surface area contributed by atoms with Gasteiger partial charge in [0, 0.05) is 12.1 Å². The summed E-state index contributed by atoms with van der Waals surface area (Å²) < 4.78 is 6.35. The van der Waals surface area contributed by atoms with Crippen LogP contribution in [0.3, 0.4) is 0 Å². The molecular formula is C29H39NO3. The molecule has 0 amide bonds. The molecule has 0 atom stereocenters. The van der Waals surface area contributed by atoms with Crippen LogP contribution >= 0.6 is 0 Å². The fraction of sp³-hybridized carbons (Fsp3) is 0.621. The standard InChI is InChI=1S/C29H39NO3/c1-20(2)22-5-8-25(9-6-22)33-26-10-7-23-17-21(3-4-24(23)18-26)19-30-29-14-11-28(12-15-29,13-16-29)27(31)32/h3-4,7,10,17-18,20,22,25,30H,5-6,8-9,11-16,19H2,1-2H3,(H,31,32)/t22-,25-,28?,29?. The molecule has 0 aliphatic heterocycles. The highest BCUT2D eigenvalue weighted by Gasteiger charge is 2.52. The summed E-state index contributed by atoms with van der Waals surface area (Å²) in [5.41, 5.74) is 0.969. The Morgan fingerprint density at radius 2 is 1.61 bits per heavy atom. The number of ether oxygens (including phenoxy) is 1. The summed E-state index contributed by atoms with van der Waals surface area (Å²) >= 11 is 0. The van der Waals surface area contributed by atoms with E-state index in [0.29, 0.717) is 6.10 Å². The molecule has 4 fully saturated rings. The zero-order chi connectivity index (χ0) is 23.1. The average molecular weight is 450 g/mol. The predicted molar refractivity (Wildman–Crippen MR) is 133 cm³/mol. The zero-order valence-electron chi connectivity index (χ0n) is 20.2. The summed E-state index contributed by atoms with van der Waals surface area (Å²) in [5, 5.41) is 15.9. The fourth-order valence-electron chi connectivity index (χ4n) is 6.58. The van der Waals surface area contributed by atoms with E-state index >= 15 is 0 Å². The van der Waals surface area contributed by atoms with Gasteiger partial charge in [0.2, 0.25) is 0 Å². The van der Waals surface area contributed by atoms with Crippen LogP contribution in [0, 0.1) is 17.3 Å². The first kappa shape index (κ1) is 22.7. The number of benzene rings is 2. The lowest BCUT2D eigenvalue weighted by atomic mass is 9.57. The Hall–Kier alpha value is -2.07. The smallest absolute Gasteiger partial charge is 0.309 e. The molecule has 0 spiro atoms. The Morgan fingerprint density at radius 1 is 0.970 bits per heavy atom. The lowest BCUT2D eigenvalue weighted by Crippen LogP contribution is -2.56. The molecular weight excluding hydrogens is 410 g/mol. The van der Waals surface area contributed by atoms with Crippen molar-refractivity contribution in [2.24, 2.45) is 17.3 Å². The van der Waals surface area contributed by atoms with Gasteiger partial charge in [0.25, 0.3) is 0 Å². The van der Waals surface area contributed by atoms with Gasteiger partial charge in [-0.25, -0.2) is 0 Å². The maximum atomic E-state index is 11.7. The second-order valence-corrected chi connectivity index (χ2v) is 11.5. The quantitative estimate of drug-likeness (QED) is 0.494. The summed E-state index contributed by atoms with van der Waals surface area (Å²) in [6.45, 7) is 5.52. The number of carbonyl (C=O) groups is 1. The van der Waals surface area contributed by atoms with Gasteiger partial charge >= 0.3 is 5.97 Å². The van der Waals surface area contributed by atoms with E-state index in [1.807, 2.05) is 0 Å². The van der Waals surface area contributed by atoms with Crippen molar-refractivity contribution >= 4 is 16.7 Å². The van der Waals surface area contributed by atoms with E-state index in [1.165, 1.54) is 42.0 Å². The molecule has 0 heterocycles. The van der Waals surface area contributed by atoms with Crippen molar-refractivity contribution < 1.29 is 14.6 Å². The molecule has 0 radical (unpaired) electrons. The minimum atomic E-state index is -0.586. The first-order chi connectivity index (χ1) is 15.9. The van der Waals surface area contributed by atoms with Gasteiger partial charge in [-0.1, -0.05) is 32.0 Å². The number of carboxylic acids is 1. The van der Waals surface area contributed by atoms with Crippen LogP contribution < -0.4 is 10.1 Å². The molecule has 0 unspecified atom stereocenters. The SMILES string of the molecule is CC(C)[C@H]1CC[C@H](Oc2ccc3cc(CNC45CCC(C(=O)O)(CC4)CC5)ccc3c2)CC1. The van der Waals surface area contributed by atoms with Gasteiger partial charge in [-0.2, -0.15) is 0 Å². The third-order valence-corrected chi connectivity index (χ3v) is 9.21. The van der Waals surface area contributed by atoms with Gasteiger partial charge in [-0.15, -0.1) is 0 Å². The Morgan fingerprint density at radius 3 is 2.24 bits per heavy atom. The van der Waals surface area contributed by atoms with Crippen LogP contribution in [0.4, 0.5) is 0 Å². The zero-order valence-corrected chi connectivity index (χ0v) is 20.2. The molecule has 0 aromatic heterocycles. The van der Waals surface area contributed by atoms with E-state index in [0.717, 1.165) is 62.7 Å². The number of hydrogen-bond donors (Lipinski definition) is 2. The van der Waals surface area contributed by atoms with E-state index in [-0.39, 0.29) is 5.54 Å². The monoisotopic (exact) mass is 449 g/mol. The summed E-state index contributed by atoms with van der Waals surface area (Å²) in [6, 6.07) is 13.2. The number of rotatable bonds is 7. The molecule has 2 aromatic carbocycles. The first-order valence-corrected chi connectivity index (χ1v) is 13.0. The molecule has 6 rings (SSSR count). The highest BCUT2D eigenvalue weighted by atomic mass is 16.5.